The predicted molar refractivity (Wildman–Crippen MR) is 86.0 cm³/mol. The van der Waals surface area contributed by atoms with Gasteiger partial charge in [-0.05, 0) is 23.8 Å². The number of hydrogen-bond donors (Lipinski definition) is 2. The summed E-state index contributed by atoms with van der Waals surface area (Å²) in [5.41, 5.74) is -1.96. The second-order valence-corrected chi connectivity index (χ2v) is 5.81. The highest BCUT2D eigenvalue weighted by molar-refractivity contribution is 7.80. The van der Waals surface area contributed by atoms with Crippen molar-refractivity contribution in [1.82, 2.24) is 10.0 Å². The van der Waals surface area contributed by atoms with Crippen LogP contribution in [0.25, 0.3) is 0 Å². The van der Waals surface area contributed by atoms with E-state index < -0.39 is 35.3 Å². The average molecular weight is 427 g/mol. The summed E-state index contributed by atoms with van der Waals surface area (Å²) in [6, 6.07) is 1.79. The topological polar surface area (TPSA) is 60.1 Å². The van der Waals surface area contributed by atoms with Gasteiger partial charge in [-0.3, -0.25) is 4.98 Å². The van der Waals surface area contributed by atoms with Gasteiger partial charge in [0.15, 0.2) is 6.04 Å². The van der Waals surface area contributed by atoms with Crippen LogP contribution in [0.15, 0.2) is 41.6 Å². The molecule has 0 amide bonds. The van der Waals surface area contributed by atoms with Crippen LogP contribution in [-0.2, 0) is 6.18 Å². The lowest BCUT2D eigenvalue weighted by Gasteiger charge is -2.25. The first-order valence-corrected chi connectivity index (χ1v) is 7.61. The van der Waals surface area contributed by atoms with Crippen molar-refractivity contribution in [2.45, 2.75) is 23.3 Å². The van der Waals surface area contributed by atoms with Crippen LogP contribution < -0.4 is 0 Å². The molecule has 0 spiro atoms. The summed E-state index contributed by atoms with van der Waals surface area (Å²) in [7, 11) is 0.660. The molecule has 0 saturated heterocycles. The van der Waals surface area contributed by atoms with Crippen molar-refractivity contribution in [3.63, 3.8) is 0 Å². The number of thiol groups is 1. The Balaban J connectivity index is 0.000000362. The normalized spacial score (nSPS) is 12.8. The van der Waals surface area contributed by atoms with Crippen LogP contribution in [0.4, 0.5) is 30.7 Å². The largest absolute Gasteiger partial charge is 0.419 e. The minimum Gasteiger partial charge on any atom is -0.313 e. The molecule has 0 radical (unpaired) electrons. The fraction of sp³-hybridized carbons (Fsp3) is 0.250. The van der Waals surface area contributed by atoms with E-state index in [1.807, 2.05) is 6.07 Å². The van der Waals surface area contributed by atoms with Crippen molar-refractivity contribution in [2.24, 2.45) is 0 Å². The Labute approximate surface area is 160 Å². The average Bonchev–Trinajstić information content (AvgIpc) is 2.52. The quantitative estimate of drug-likeness (QED) is 0.402. The number of rotatable bonds is 2. The number of halogens is 7. The van der Waals surface area contributed by atoms with Crippen LogP contribution in [0.1, 0.15) is 22.7 Å². The van der Waals surface area contributed by atoms with Gasteiger partial charge in [0.2, 0.25) is 0 Å². The predicted octanol–water partition coefficient (Wildman–Crippen LogP) is 5.01. The molecule has 1 unspecified atom stereocenters. The molecule has 1 aromatic carbocycles. The first kappa shape index (κ1) is 23.7. The van der Waals surface area contributed by atoms with Gasteiger partial charge in [0.25, 0.3) is 0 Å². The van der Waals surface area contributed by atoms with E-state index in [-0.39, 0.29) is 17.2 Å². The number of nitrogens with zero attached hydrogens (tertiary/aromatic N) is 3. The minimum absolute atomic E-state index is 0.105. The Morgan fingerprint density at radius 1 is 1.14 bits per heavy atom. The van der Waals surface area contributed by atoms with Crippen molar-refractivity contribution in [1.29, 1.82) is 5.26 Å². The molecule has 0 aliphatic heterocycles. The Bertz CT molecular complexity index is 847. The Hall–Kier alpha value is -2.36. The molecule has 2 aromatic rings. The molecular formula is C16H12F7N3OS. The highest BCUT2D eigenvalue weighted by atomic mass is 32.1. The summed E-state index contributed by atoms with van der Waals surface area (Å²) < 4.78 is 87.7. The summed E-state index contributed by atoms with van der Waals surface area (Å²) in [5.74, 6) is -1.83. The van der Waals surface area contributed by atoms with Crippen molar-refractivity contribution in [2.75, 3.05) is 7.05 Å². The number of hydrogen-bond acceptors (Lipinski definition) is 5. The van der Waals surface area contributed by atoms with Crippen molar-refractivity contribution >= 4 is 12.6 Å². The fourth-order valence-electron chi connectivity index (χ4n) is 2.04. The van der Waals surface area contributed by atoms with E-state index in [4.69, 9.17) is 10.5 Å². The highest BCUT2D eigenvalue weighted by Crippen LogP contribution is 2.38. The number of hydroxylamine groups is 2. The molecule has 28 heavy (non-hydrogen) atoms. The van der Waals surface area contributed by atoms with Gasteiger partial charge in [-0.1, -0.05) is 6.07 Å². The lowest BCUT2D eigenvalue weighted by molar-refractivity contribution is -0.245. The highest BCUT2D eigenvalue weighted by Gasteiger charge is 2.44. The van der Waals surface area contributed by atoms with Gasteiger partial charge in [-0.2, -0.15) is 36.7 Å². The van der Waals surface area contributed by atoms with Gasteiger partial charge < -0.3 is 5.21 Å². The lowest BCUT2D eigenvalue weighted by atomic mass is 10.0. The molecule has 0 saturated carbocycles. The summed E-state index contributed by atoms with van der Waals surface area (Å²) in [5, 5.41) is 17.0. The summed E-state index contributed by atoms with van der Waals surface area (Å²) in [6.07, 6.45) is -6.87. The summed E-state index contributed by atoms with van der Waals surface area (Å²) >= 11 is 3.99. The standard InChI is InChI=1S/C10H8F7NO.C6H4N2S/c1-18(19)8(10(15,16)17)5-2-3-6(7(11)4-5)9(12,13)14;7-2-5-1-6(9)4-8-3-5/h2-4,8,19H,1H3;1,3-4,9H. The zero-order valence-corrected chi connectivity index (χ0v) is 14.8. The van der Waals surface area contributed by atoms with Gasteiger partial charge in [0.05, 0.1) is 11.1 Å². The minimum atomic E-state index is -5.00. The lowest BCUT2D eigenvalue weighted by Crippen LogP contribution is -2.33. The van der Waals surface area contributed by atoms with Gasteiger partial charge in [0.1, 0.15) is 11.9 Å². The first-order valence-electron chi connectivity index (χ1n) is 7.16. The molecule has 152 valence electrons. The zero-order chi connectivity index (χ0) is 21.7. The van der Waals surface area contributed by atoms with E-state index in [1.54, 1.807) is 12.3 Å². The number of nitriles is 1. The van der Waals surface area contributed by atoms with Crippen LogP contribution >= 0.6 is 12.6 Å². The molecule has 2 rings (SSSR count). The summed E-state index contributed by atoms with van der Waals surface area (Å²) in [4.78, 5) is 4.47. The second-order valence-electron chi connectivity index (χ2n) is 5.30. The molecule has 1 N–H and O–H groups in total. The molecule has 0 bridgehead atoms. The second kappa shape index (κ2) is 9.22. The number of aromatic nitrogens is 1. The van der Waals surface area contributed by atoms with Gasteiger partial charge >= 0.3 is 12.4 Å². The van der Waals surface area contributed by atoms with Crippen LogP contribution in [0.3, 0.4) is 0 Å². The molecule has 0 aliphatic rings. The Morgan fingerprint density at radius 2 is 1.75 bits per heavy atom. The number of alkyl halides is 6. The molecule has 4 nitrogen and oxygen atoms in total. The molecule has 0 aliphatic carbocycles. The zero-order valence-electron chi connectivity index (χ0n) is 13.9. The van der Waals surface area contributed by atoms with E-state index in [2.05, 4.69) is 17.6 Å². The Morgan fingerprint density at radius 3 is 2.11 bits per heavy atom. The SMILES string of the molecule is CN(O)C(c1ccc(C(F)(F)F)c(F)c1)C(F)(F)F.N#Cc1cncc(S)c1. The smallest absolute Gasteiger partial charge is 0.313 e. The van der Waals surface area contributed by atoms with E-state index in [0.717, 1.165) is 0 Å². The number of benzene rings is 1. The van der Waals surface area contributed by atoms with Crippen molar-refractivity contribution in [3.05, 3.63) is 59.2 Å². The van der Waals surface area contributed by atoms with E-state index in [9.17, 15) is 30.7 Å². The van der Waals surface area contributed by atoms with Crippen LogP contribution in [0, 0.1) is 17.1 Å². The van der Waals surface area contributed by atoms with Crippen LogP contribution in [0.5, 0.6) is 0 Å². The van der Waals surface area contributed by atoms with Crippen molar-refractivity contribution in [3.8, 4) is 6.07 Å². The fourth-order valence-corrected chi connectivity index (χ4v) is 2.24. The molecule has 1 atom stereocenters. The summed E-state index contributed by atoms with van der Waals surface area (Å²) in [6.45, 7) is 0. The van der Waals surface area contributed by atoms with Crippen molar-refractivity contribution < 1.29 is 35.9 Å². The maximum absolute atomic E-state index is 13.2. The van der Waals surface area contributed by atoms with E-state index in [0.29, 0.717) is 23.6 Å². The molecule has 0 fully saturated rings. The van der Waals surface area contributed by atoms with E-state index >= 15 is 0 Å². The molecule has 1 heterocycles. The third-order valence-corrected chi connectivity index (χ3v) is 3.40. The first-order chi connectivity index (χ1) is 12.8. The molecule has 1 aromatic heterocycles. The monoisotopic (exact) mass is 427 g/mol. The Kier molecular flexibility index (Phi) is 7.80. The maximum atomic E-state index is 13.2. The van der Waals surface area contributed by atoms with Gasteiger partial charge in [-0.25, -0.2) is 4.39 Å². The molecular weight excluding hydrogens is 415 g/mol. The van der Waals surface area contributed by atoms with Gasteiger partial charge in [0, 0.05) is 24.3 Å². The molecule has 12 heteroatoms. The third kappa shape index (κ3) is 6.66. The van der Waals surface area contributed by atoms with E-state index in [1.165, 1.54) is 6.20 Å². The number of pyridine rings is 1. The third-order valence-electron chi connectivity index (χ3n) is 3.15. The maximum Gasteiger partial charge on any atom is 0.419 e. The van der Waals surface area contributed by atoms with Gasteiger partial charge in [-0.15, -0.1) is 12.6 Å². The van der Waals surface area contributed by atoms with Crippen LogP contribution in [-0.4, -0.2) is 28.5 Å². The van der Waals surface area contributed by atoms with Crippen LogP contribution in [0.2, 0.25) is 0 Å².